The van der Waals surface area contributed by atoms with Gasteiger partial charge in [-0.2, -0.15) is 0 Å². The normalized spacial score (nSPS) is 9.85. The third-order valence-electron chi connectivity index (χ3n) is 2.54. The molecule has 5 heteroatoms. The molecule has 3 N–H and O–H groups in total. The summed E-state index contributed by atoms with van der Waals surface area (Å²) in [5.74, 6) is -0.229. The second-order valence-corrected chi connectivity index (χ2v) is 4.30. The number of nitrogens with one attached hydrogen (secondary N) is 3. The molecule has 1 rings (SSSR count). The topological polar surface area (TPSA) is 70.2 Å². The van der Waals surface area contributed by atoms with E-state index in [1.165, 1.54) is 0 Å². The second-order valence-electron chi connectivity index (χ2n) is 4.30. The first-order chi connectivity index (χ1) is 9.67. The van der Waals surface area contributed by atoms with Gasteiger partial charge in [0.2, 0.25) is 5.91 Å². The lowest BCUT2D eigenvalue weighted by Crippen LogP contribution is -2.28. The third kappa shape index (κ3) is 5.67. The Kier molecular flexibility index (Phi) is 7.06. The van der Waals surface area contributed by atoms with Crippen molar-refractivity contribution in [3.05, 3.63) is 42.5 Å². The number of amides is 2. The van der Waals surface area contributed by atoms with Crippen molar-refractivity contribution in [1.29, 1.82) is 0 Å². The molecule has 0 atom stereocenters. The Hall–Kier alpha value is -2.14. The summed E-state index contributed by atoms with van der Waals surface area (Å²) in [6, 6.07) is 6.81. The highest BCUT2D eigenvalue weighted by Gasteiger charge is 2.05. The molecule has 0 aliphatic carbocycles. The van der Waals surface area contributed by atoms with Gasteiger partial charge in [-0.05, 0) is 30.7 Å². The van der Waals surface area contributed by atoms with Crippen molar-refractivity contribution < 1.29 is 9.59 Å². The smallest absolute Gasteiger partial charge is 0.251 e. The lowest BCUT2D eigenvalue weighted by Gasteiger charge is -2.07. The summed E-state index contributed by atoms with van der Waals surface area (Å²) in [5, 5.41) is 8.45. The van der Waals surface area contributed by atoms with Crippen LogP contribution in [-0.4, -0.2) is 31.4 Å². The van der Waals surface area contributed by atoms with E-state index >= 15 is 0 Å². The van der Waals surface area contributed by atoms with Crippen LogP contribution < -0.4 is 16.0 Å². The molecule has 0 fully saturated rings. The highest BCUT2D eigenvalue weighted by molar-refractivity contribution is 5.96. The largest absolute Gasteiger partial charge is 0.352 e. The van der Waals surface area contributed by atoms with Gasteiger partial charge in [0.25, 0.3) is 5.91 Å². The standard InChI is InChI=1S/C15H21N3O2/c1-3-9-16-11-14(19)18-13-7-5-12(6-8-13)15(20)17-10-4-2/h3,5-8,16H,1,4,9-11H2,2H3,(H,17,20)(H,18,19). The van der Waals surface area contributed by atoms with Crippen LogP contribution in [0.3, 0.4) is 0 Å². The summed E-state index contributed by atoms with van der Waals surface area (Å²) < 4.78 is 0. The zero-order chi connectivity index (χ0) is 14.8. The molecule has 0 aliphatic heterocycles. The van der Waals surface area contributed by atoms with Gasteiger partial charge < -0.3 is 16.0 Å². The quantitative estimate of drug-likeness (QED) is 0.498. The summed E-state index contributed by atoms with van der Waals surface area (Å²) in [6.45, 7) is 7.03. The molecule has 1 aromatic carbocycles. The van der Waals surface area contributed by atoms with Crippen molar-refractivity contribution in [2.45, 2.75) is 13.3 Å². The Labute approximate surface area is 119 Å². The van der Waals surface area contributed by atoms with Gasteiger partial charge in [0.05, 0.1) is 6.54 Å². The fourth-order valence-electron chi connectivity index (χ4n) is 1.54. The minimum Gasteiger partial charge on any atom is -0.352 e. The molecule has 108 valence electrons. The molecular weight excluding hydrogens is 254 g/mol. The fraction of sp³-hybridized carbons (Fsp3) is 0.333. The van der Waals surface area contributed by atoms with Crippen molar-refractivity contribution in [1.82, 2.24) is 10.6 Å². The van der Waals surface area contributed by atoms with E-state index in [0.29, 0.717) is 24.3 Å². The minimum absolute atomic E-state index is 0.0997. The maximum atomic E-state index is 11.7. The summed E-state index contributed by atoms with van der Waals surface area (Å²) in [6.07, 6.45) is 2.59. The second kappa shape index (κ2) is 8.87. The van der Waals surface area contributed by atoms with Gasteiger partial charge in [0.15, 0.2) is 0 Å². The minimum atomic E-state index is -0.130. The number of carbonyl (C=O) groups excluding carboxylic acids is 2. The Morgan fingerprint density at radius 1 is 1.25 bits per heavy atom. The van der Waals surface area contributed by atoms with Crippen molar-refractivity contribution in [2.24, 2.45) is 0 Å². The number of benzene rings is 1. The summed E-state index contributed by atoms with van der Waals surface area (Å²) in [5.41, 5.74) is 1.25. The highest BCUT2D eigenvalue weighted by atomic mass is 16.2. The molecule has 1 aromatic rings. The summed E-state index contributed by atoms with van der Waals surface area (Å²) in [4.78, 5) is 23.3. The Balaban J connectivity index is 2.47. The molecular formula is C15H21N3O2. The first-order valence-corrected chi connectivity index (χ1v) is 6.67. The SMILES string of the molecule is C=CCNCC(=O)Nc1ccc(C(=O)NCCC)cc1. The summed E-state index contributed by atoms with van der Waals surface area (Å²) >= 11 is 0. The van der Waals surface area contributed by atoms with E-state index in [0.717, 1.165) is 6.42 Å². The number of hydrogen-bond acceptors (Lipinski definition) is 3. The van der Waals surface area contributed by atoms with E-state index in [1.54, 1.807) is 30.3 Å². The molecule has 0 radical (unpaired) electrons. The Morgan fingerprint density at radius 3 is 2.55 bits per heavy atom. The predicted octanol–water partition coefficient (Wildman–Crippen LogP) is 1.54. The number of rotatable bonds is 8. The number of carbonyl (C=O) groups is 2. The fourth-order valence-corrected chi connectivity index (χ4v) is 1.54. The number of anilines is 1. The molecule has 0 aromatic heterocycles. The molecule has 0 heterocycles. The average molecular weight is 275 g/mol. The molecule has 2 amide bonds. The predicted molar refractivity (Wildman–Crippen MR) is 80.8 cm³/mol. The van der Waals surface area contributed by atoms with Gasteiger partial charge in [-0.15, -0.1) is 6.58 Å². The van der Waals surface area contributed by atoms with E-state index in [2.05, 4.69) is 22.5 Å². The first-order valence-electron chi connectivity index (χ1n) is 6.67. The van der Waals surface area contributed by atoms with Gasteiger partial charge in [-0.3, -0.25) is 9.59 Å². The molecule has 0 unspecified atom stereocenters. The average Bonchev–Trinajstić information content (AvgIpc) is 2.46. The van der Waals surface area contributed by atoms with Crippen molar-refractivity contribution in [2.75, 3.05) is 25.0 Å². The molecule has 0 saturated heterocycles. The van der Waals surface area contributed by atoms with Crippen LogP contribution in [0, 0.1) is 0 Å². The van der Waals surface area contributed by atoms with Gasteiger partial charge in [-0.1, -0.05) is 13.0 Å². The maximum Gasteiger partial charge on any atom is 0.251 e. The lowest BCUT2D eigenvalue weighted by atomic mass is 10.2. The van der Waals surface area contributed by atoms with Crippen LogP contribution in [0.4, 0.5) is 5.69 Å². The van der Waals surface area contributed by atoms with Crippen molar-refractivity contribution >= 4 is 17.5 Å². The van der Waals surface area contributed by atoms with Crippen LogP contribution >= 0.6 is 0 Å². The van der Waals surface area contributed by atoms with Crippen molar-refractivity contribution in [3.8, 4) is 0 Å². The molecule has 0 spiro atoms. The van der Waals surface area contributed by atoms with E-state index < -0.39 is 0 Å². The Morgan fingerprint density at radius 2 is 1.95 bits per heavy atom. The zero-order valence-corrected chi connectivity index (χ0v) is 11.7. The van der Waals surface area contributed by atoms with Gasteiger partial charge >= 0.3 is 0 Å². The van der Waals surface area contributed by atoms with E-state index in [1.807, 2.05) is 6.92 Å². The van der Waals surface area contributed by atoms with E-state index in [-0.39, 0.29) is 18.4 Å². The monoisotopic (exact) mass is 275 g/mol. The van der Waals surface area contributed by atoms with Crippen LogP contribution in [0.2, 0.25) is 0 Å². The van der Waals surface area contributed by atoms with Gasteiger partial charge in [0, 0.05) is 24.3 Å². The van der Waals surface area contributed by atoms with Crippen LogP contribution in [0.5, 0.6) is 0 Å². The van der Waals surface area contributed by atoms with E-state index in [4.69, 9.17) is 0 Å². The van der Waals surface area contributed by atoms with Crippen LogP contribution in [-0.2, 0) is 4.79 Å². The summed E-state index contributed by atoms with van der Waals surface area (Å²) in [7, 11) is 0. The van der Waals surface area contributed by atoms with Gasteiger partial charge in [-0.25, -0.2) is 0 Å². The maximum absolute atomic E-state index is 11.7. The zero-order valence-electron chi connectivity index (χ0n) is 11.7. The van der Waals surface area contributed by atoms with Crippen LogP contribution in [0.25, 0.3) is 0 Å². The molecule has 0 bridgehead atoms. The van der Waals surface area contributed by atoms with E-state index in [9.17, 15) is 9.59 Å². The molecule has 5 nitrogen and oxygen atoms in total. The Bertz CT molecular complexity index is 455. The van der Waals surface area contributed by atoms with Crippen LogP contribution in [0.1, 0.15) is 23.7 Å². The third-order valence-corrected chi connectivity index (χ3v) is 2.54. The number of hydrogen-bond donors (Lipinski definition) is 3. The van der Waals surface area contributed by atoms with Crippen molar-refractivity contribution in [3.63, 3.8) is 0 Å². The first kappa shape index (κ1) is 15.9. The molecule has 0 aliphatic rings. The lowest BCUT2D eigenvalue weighted by molar-refractivity contribution is -0.115. The van der Waals surface area contributed by atoms with Gasteiger partial charge in [0.1, 0.15) is 0 Å². The van der Waals surface area contributed by atoms with Crippen LogP contribution in [0.15, 0.2) is 36.9 Å². The highest BCUT2D eigenvalue weighted by Crippen LogP contribution is 2.09. The molecule has 0 saturated carbocycles. The molecule has 20 heavy (non-hydrogen) atoms.